The number of rotatable bonds is 6. The standard InChI is InChI=1S/C28H39BN2O3/c1-21(2)28(5)27(3,4)33-29(34-28)23-16-18-25(19-17-23)31(24-14-10-7-11-15-24)26(32)30-20-22-12-8-6-9-13-22/h6,8-9,12-13,16-19,21,24H,7,10-11,14-15,20H2,1-5H3,(H,30,32). The summed E-state index contributed by atoms with van der Waals surface area (Å²) in [4.78, 5) is 15.3. The molecule has 1 unspecified atom stereocenters. The van der Waals surface area contributed by atoms with Gasteiger partial charge in [-0.3, -0.25) is 4.90 Å². The van der Waals surface area contributed by atoms with E-state index in [1.165, 1.54) is 6.42 Å². The lowest BCUT2D eigenvalue weighted by molar-refractivity contribution is -0.0435. The summed E-state index contributed by atoms with van der Waals surface area (Å²) < 4.78 is 12.8. The molecule has 1 heterocycles. The molecule has 5 nitrogen and oxygen atoms in total. The molecule has 34 heavy (non-hydrogen) atoms. The molecule has 1 N–H and O–H groups in total. The maximum atomic E-state index is 13.4. The van der Waals surface area contributed by atoms with Crippen LogP contribution in [0.5, 0.6) is 0 Å². The van der Waals surface area contributed by atoms with Gasteiger partial charge in [0.05, 0.1) is 11.2 Å². The lowest BCUT2D eigenvalue weighted by Gasteiger charge is -2.39. The largest absolute Gasteiger partial charge is 0.494 e. The molecule has 4 rings (SSSR count). The van der Waals surface area contributed by atoms with E-state index in [-0.39, 0.29) is 17.7 Å². The Morgan fingerprint density at radius 2 is 1.65 bits per heavy atom. The molecule has 1 atom stereocenters. The number of nitrogens with one attached hydrogen (secondary N) is 1. The third-order valence-electron chi connectivity index (χ3n) is 7.94. The molecule has 2 aromatic carbocycles. The zero-order chi connectivity index (χ0) is 24.3. The van der Waals surface area contributed by atoms with E-state index in [0.717, 1.165) is 42.4 Å². The van der Waals surface area contributed by atoms with Gasteiger partial charge in [0.2, 0.25) is 0 Å². The second-order valence-corrected chi connectivity index (χ2v) is 10.7. The molecule has 1 saturated heterocycles. The highest BCUT2D eigenvalue weighted by molar-refractivity contribution is 6.62. The average Bonchev–Trinajstić information content (AvgIpc) is 3.09. The van der Waals surface area contributed by atoms with Gasteiger partial charge in [-0.05, 0) is 62.7 Å². The highest BCUT2D eigenvalue weighted by Crippen LogP contribution is 2.42. The molecule has 0 bridgehead atoms. The molecule has 182 valence electrons. The first kappa shape index (κ1) is 24.8. The van der Waals surface area contributed by atoms with E-state index in [1.807, 2.05) is 59.5 Å². The summed E-state index contributed by atoms with van der Waals surface area (Å²) in [7, 11) is -0.411. The van der Waals surface area contributed by atoms with Crippen LogP contribution in [0.25, 0.3) is 0 Å². The fraction of sp³-hybridized carbons (Fsp3) is 0.536. The first-order chi connectivity index (χ1) is 16.2. The smallest absolute Gasteiger partial charge is 0.399 e. The van der Waals surface area contributed by atoms with E-state index < -0.39 is 12.7 Å². The molecular weight excluding hydrogens is 423 g/mol. The second kappa shape index (κ2) is 10.1. The first-order valence-electron chi connectivity index (χ1n) is 12.8. The molecule has 1 aliphatic heterocycles. The Kier molecular flexibility index (Phi) is 7.39. The van der Waals surface area contributed by atoms with E-state index in [4.69, 9.17) is 9.31 Å². The van der Waals surface area contributed by atoms with Crippen LogP contribution in [0, 0.1) is 5.92 Å². The number of urea groups is 1. The van der Waals surface area contributed by atoms with Crippen molar-refractivity contribution < 1.29 is 14.1 Å². The number of nitrogens with zero attached hydrogens (tertiary/aromatic N) is 1. The Labute approximate surface area is 205 Å². The predicted molar refractivity (Wildman–Crippen MR) is 139 cm³/mol. The van der Waals surface area contributed by atoms with Crippen LogP contribution in [0.1, 0.15) is 72.3 Å². The SMILES string of the molecule is CC(C)C1(C)OB(c2ccc(N(C(=O)NCc3ccccc3)C3CCCCC3)cc2)OC1(C)C. The van der Waals surface area contributed by atoms with Gasteiger partial charge in [-0.25, -0.2) is 4.79 Å². The minimum atomic E-state index is -0.411. The summed E-state index contributed by atoms with van der Waals surface area (Å²) in [6, 6.07) is 18.4. The third kappa shape index (κ3) is 5.03. The minimum absolute atomic E-state index is 0.0367. The van der Waals surface area contributed by atoms with Gasteiger partial charge in [0.1, 0.15) is 0 Å². The van der Waals surface area contributed by atoms with Crippen molar-refractivity contribution in [2.75, 3.05) is 4.90 Å². The van der Waals surface area contributed by atoms with Gasteiger partial charge in [0, 0.05) is 18.3 Å². The fourth-order valence-electron chi connectivity index (χ4n) is 5.22. The lowest BCUT2D eigenvalue weighted by Crippen LogP contribution is -2.48. The Hall–Kier alpha value is -2.31. The van der Waals surface area contributed by atoms with Crippen molar-refractivity contribution >= 4 is 24.3 Å². The summed E-state index contributed by atoms with van der Waals surface area (Å²) in [6.07, 6.45) is 5.65. The zero-order valence-corrected chi connectivity index (χ0v) is 21.3. The summed E-state index contributed by atoms with van der Waals surface area (Å²) in [6.45, 7) is 11.2. The van der Waals surface area contributed by atoms with E-state index in [9.17, 15) is 4.79 Å². The maximum absolute atomic E-state index is 13.4. The average molecular weight is 462 g/mol. The van der Waals surface area contributed by atoms with E-state index in [0.29, 0.717) is 12.5 Å². The Balaban J connectivity index is 1.52. The van der Waals surface area contributed by atoms with Crippen molar-refractivity contribution in [2.45, 2.75) is 90.5 Å². The van der Waals surface area contributed by atoms with Crippen LogP contribution in [0.4, 0.5) is 10.5 Å². The van der Waals surface area contributed by atoms with Gasteiger partial charge in [-0.15, -0.1) is 0 Å². The summed E-state index contributed by atoms with van der Waals surface area (Å²) >= 11 is 0. The lowest BCUT2D eigenvalue weighted by atomic mass is 9.78. The first-order valence-corrected chi connectivity index (χ1v) is 12.8. The van der Waals surface area contributed by atoms with E-state index in [2.05, 4.69) is 39.9 Å². The van der Waals surface area contributed by atoms with Gasteiger partial charge < -0.3 is 14.6 Å². The Bertz CT molecular complexity index is 957. The van der Waals surface area contributed by atoms with E-state index in [1.54, 1.807) is 0 Å². The van der Waals surface area contributed by atoms with Crippen molar-refractivity contribution in [3.63, 3.8) is 0 Å². The van der Waals surface area contributed by atoms with Crippen molar-refractivity contribution in [1.82, 2.24) is 5.32 Å². The monoisotopic (exact) mass is 462 g/mol. The molecule has 1 aliphatic carbocycles. The molecule has 0 radical (unpaired) electrons. The summed E-state index contributed by atoms with van der Waals surface area (Å²) in [5, 5.41) is 3.14. The normalized spacial score (nSPS) is 22.7. The van der Waals surface area contributed by atoms with Crippen molar-refractivity contribution in [2.24, 2.45) is 5.92 Å². The second-order valence-electron chi connectivity index (χ2n) is 10.7. The van der Waals surface area contributed by atoms with Crippen LogP contribution in [0.3, 0.4) is 0 Å². The minimum Gasteiger partial charge on any atom is -0.399 e. The molecule has 2 fully saturated rings. The number of anilines is 1. The van der Waals surface area contributed by atoms with Gasteiger partial charge in [0.25, 0.3) is 0 Å². The van der Waals surface area contributed by atoms with Crippen LogP contribution in [0.2, 0.25) is 0 Å². The maximum Gasteiger partial charge on any atom is 0.494 e. The quantitative estimate of drug-likeness (QED) is 0.563. The van der Waals surface area contributed by atoms with Crippen LogP contribution < -0.4 is 15.7 Å². The predicted octanol–water partition coefficient (Wildman–Crippen LogP) is 5.67. The zero-order valence-electron chi connectivity index (χ0n) is 21.3. The topological polar surface area (TPSA) is 50.8 Å². The number of hydrogen-bond acceptors (Lipinski definition) is 3. The number of hydrogen-bond donors (Lipinski definition) is 1. The number of benzene rings is 2. The van der Waals surface area contributed by atoms with Crippen LogP contribution in [0.15, 0.2) is 54.6 Å². The molecule has 0 aromatic heterocycles. The third-order valence-corrected chi connectivity index (χ3v) is 7.94. The molecule has 6 heteroatoms. The van der Waals surface area contributed by atoms with Crippen molar-refractivity contribution in [3.05, 3.63) is 60.2 Å². The van der Waals surface area contributed by atoms with Gasteiger partial charge in [-0.1, -0.05) is 75.6 Å². The fourth-order valence-corrected chi connectivity index (χ4v) is 5.22. The number of carbonyl (C=O) groups excluding carboxylic acids is 1. The number of amides is 2. The summed E-state index contributed by atoms with van der Waals surface area (Å²) in [5.74, 6) is 0.321. The van der Waals surface area contributed by atoms with E-state index >= 15 is 0 Å². The van der Waals surface area contributed by atoms with Crippen LogP contribution >= 0.6 is 0 Å². The van der Waals surface area contributed by atoms with Crippen molar-refractivity contribution in [3.8, 4) is 0 Å². The Morgan fingerprint density at radius 1 is 1.00 bits per heavy atom. The van der Waals surface area contributed by atoms with Gasteiger partial charge in [0.15, 0.2) is 0 Å². The van der Waals surface area contributed by atoms with Gasteiger partial charge >= 0.3 is 13.1 Å². The molecule has 1 saturated carbocycles. The van der Waals surface area contributed by atoms with Crippen LogP contribution in [-0.4, -0.2) is 30.4 Å². The van der Waals surface area contributed by atoms with Crippen LogP contribution in [-0.2, 0) is 15.9 Å². The number of carbonyl (C=O) groups is 1. The summed E-state index contributed by atoms with van der Waals surface area (Å²) in [5.41, 5.74) is 2.23. The molecular formula is C28H39BN2O3. The molecule has 2 aliphatic rings. The Morgan fingerprint density at radius 3 is 2.24 bits per heavy atom. The molecule has 2 aromatic rings. The van der Waals surface area contributed by atoms with Gasteiger partial charge in [-0.2, -0.15) is 0 Å². The molecule has 0 spiro atoms. The highest BCUT2D eigenvalue weighted by atomic mass is 16.7. The van der Waals surface area contributed by atoms with Crippen molar-refractivity contribution in [1.29, 1.82) is 0 Å². The highest BCUT2D eigenvalue weighted by Gasteiger charge is 2.56. The molecule has 2 amide bonds.